The van der Waals surface area contributed by atoms with Crippen LogP contribution >= 0.6 is 0 Å². The van der Waals surface area contributed by atoms with Gasteiger partial charge < -0.3 is 10.1 Å². The number of sulfonamides is 1. The number of benzene rings is 1. The molecule has 3 aliphatic rings. The Kier molecular flexibility index (Phi) is 5.51. The Balaban J connectivity index is 1.51. The number of carbonyl (C=O) groups excluding carboxylic acids is 1. The number of carbonyl (C=O) groups is 1. The summed E-state index contributed by atoms with van der Waals surface area (Å²) in [5.41, 5.74) is 1.24. The predicted molar refractivity (Wildman–Crippen MR) is 107 cm³/mol. The summed E-state index contributed by atoms with van der Waals surface area (Å²) in [6, 6.07) is 4.96. The number of hydrogen-bond acceptors (Lipinski definition) is 4. The Labute approximate surface area is 167 Å². The Morgan fingerprint density at radius 1 is 1.21 bits per heavy atom. The molecule has 0 spiro atoms. The highest BCUT2D eigenvalue weighted by Crippen LogP contribution is 2.49. The SMILES string of the molecule is Cc1ccc(S(=O)(=O)N2CCOCC2)cc1C(=O)NC(C)C1CC2CCC1C2. The topological polar surface area (TPSA) is 75.7 Å². The smallest absolute Gasteiger partial charge is 0.251 e. The minimum atomic E-state index is -3.61. The number of ether oxygens (including phenoxy) is 1. The van der Waals surface area contributed by atoms with Crippen LogP contribution in [0.4, 0.5) is 0 Å². The lowest BCUT2D eigenvalue weighted by atomic mass is 9.84. The lowest BCUT2D eigenvalue weighted by Crippen LogP contribution is -2.41. The first-order valence-corrected chi connectivity index (χ1v) is 11.8. The average Bonchev–Trinajstić information content (AvgIpc) is 3.32. The van der Waals surface area contributed by atoms with Gasteiger partial charge >= 0.3 is 0 Å². The molecule has 1 aromatic rings. The van der Waals surface area contributed by atoms with Crippen LogP contribution in [0, 0.1) is 24.7 Å². The van der Waals surface area contributed by atoms with E-state index in [-0.39, 0.29) is 16.8 Å². The Bertz CT molecular complexity index is 848. The molecule has 154 valence electrons. The average molecular weight is 407 g/mol. The van der Waals surface area contributed by atoms with Crippen LogP contribution in [0.2, 0.25) is 0 Å². The molecule has 1 amide bonds. The largest absolute Gasteiger partial charge is 0.379 e. The van der Waals surface area contributed by atoms with E-state index in [1.54, 1.807) is 12.1 Å². The number of rotatable bonds is 5. The number of fused-ring (bicyclic) bond motifs is 2. The second kappa shape index (κ2) is 7.76. The Morgan fingerprint density at radius 3 is 2.61 bits per heavy atom. The van der Waals surface area contributed by atoms with E-state index in [9.17, 15) is 13.2 Å². The second-order valence-corrected chi connectivity index (χ2v) is 10.5. The number of morpholine rings is 1. The number of hydrogen-bond donors (Lipinski definition) is 1. The van der Waals surface area contributed by atoms with Gasteiger partial charge in [0.15, 0.2) is 0 Å². The zero-order valence-corrected chi connectivity index (χ0v) is 17.5. The number of nitrogens with zero attached hydrogens (tertiary/aromatic N) is 1. The van der Waals surface area contributed by atoms with E-state index in [2.05, 4.69) is 12.2 Å². The van der Waals surface area contributed by atoms with Crippen molar-refractivity contribution in [3.63, 3.8) is 0 Å². The molecule has 2 bridgehead atoms. The van der Waals surface area contributed by atoms with E-state index in [1.165, 1.54) is 36.1 Å². The Morgan fingerprint density at radius 2 is 1.96 bits per heavy atom. The van der Waals surface area contributed by atoms with Crippen LogP contribution in [-0.2, 0) is 14.8 Å². The standard InChI is InChI=1S/C21H30N2O4S/c1-14-3-6-18(28(25,26)23-7-9-27-10-8-23)13-19(14)21(24)22-15(2)20-12-16-4-5-17(20)11-16/h3,6,13,15-17,20H,4-5,7-12H2,1-2H3,(H,22,24). The molecule has 1 heterocycles. The van der Waals surface area contributed by atoms with E-state index < -0.39 is 10.0 Å². The molecule has 1 aliphatic heterocycles. The molecule has 1 N–H and O–H groups in total. The molecular weight excluding hydrogens is 376 g/mol. The lowest BCUT2D eigenvalue weighted by molar-refractivity contribution is 0.0730. The fourth-order valence-corrected chi connectivity index (χ4v) is 6.67. The first-order valence-electron chi connectivity index (χ1n) is 10.4. The van der Waals surface area contributed by atoms with Gasteiger partial charge in [0.25, 0.3) is 5.91 Å². The van der Waals surface area contributed by atoms with Gasteiger partial charge in [-0.1, -0.05) is 12.5 Å². The summed E-state index contributed by atoms with van der Waals surface area (Å²) in [6.45, 7) is 5.44. The van der Waals surface area contributed by atoms with E-state index in [4.69, 9.17) is 4.74 Å². The van der Waals surface area contributed by atoms with Gasteiger partial charge in [-0.05, 0) is 68.6 Å². The van der Waals surface area contributed by atoms with Gasteiger partial charge in [0.05, 0.1) is 18.1 Å². The monoisotopic (exact) mass is 406 g/mol. The molecule has 7 heteroatoms. The minimum absolute atomic E-state index is 0.113. The van der Waals surface area contributed by atoms with Gasteiger partial charge in [0.2, 0.25) is 10.0 Å². The molecule has 1 saturated heterocycles. The van der Waals surface area contributed by atoms with Crippen LogP contribution < -0.4 is 5.32 Å². The number of nitrogens with one attached hydrogen (secondary N) is 1. The van der Waals surface area contributed by atoms with E-state index in [0.29, 0.717) is 37.8 Å². The summed E-state index contributed by atoms with van der Waals surface area (Å²) in [4.78, 5) is 13.1. The van der Waals surface area contributed by atoms with Crippen molar-refractivity contribution in [2.24, 2.45) is 17.8 Å². The van der Waals surface area contributed by atoms with Gasteiger partial charge in [-0.25, -0.2) is 8.42 Å². The van der Waals surface area contributed by atoms with Crippen LogP contribution in [0.3, 0.4) is 0 Å². The molecule has 0 radical (unpaired) electrons. The molecule has 4 rings (SSSR count). The minimum Gasteiger partial charge on any atom is -0.379 e. The van der Waals surface area contributed by atoms with Crippen molar-refractivity contribution >= 4 is 15.9 Å². The summed E-state index contributed by atoms with van der Waals surface area (Å²) in [5, 5.41) is 3.15. The van der Waals surface area contributed by atoms with Crippen LogP contribution in [-0.4, -0.2) is 51.0 Å². The third kappa shape index (κ3) is 3.72. The van der Waals surface area contributed by atoms with E-state index in [0.717, 1.165) is 17.4 Å². The maximum Gasteiger partial charge on any atom is 0.251 e. The normalized spacial score (nSPS) is 29.0. The van der Waals surface area contributed by atoms with Crippen molar-refractivity contribution in [2.75, 3.05) is 26.3 Å². The van der Waals surface area contributed by atoms with Gasteiger partial charge in [0.1, 0.15) is 0 Å². The zero-order chi connectivity index (χ0) is 19.9. The number of aryl methyl sites for hydroxylation is 1. The van der Waals surface area contributed by atoms with Crippen LogP contribution in [0.25, 0.3) is 0 Å². The maximum atomic E-state index is 13.0. The van der Waals surface area contributed by atoms with Crippen molar-refractivity contribution in [3.8, 4) is 0 Å². The van der Waals surface area contributed by atoms with Crippen molar-refractivity contribution in [3.05, 3.63) is 29.3 Å². The van der Waals surface area contributed by atoms with Crippen LogP contribution in [0.15, 0.2) is 23.1 Å². The van der Waals surface area contributed by atoms with Crippen molar-refractivity contribution in [2.45, 2.75) is 50.5 Å². The van der Waals surface area contributed by atoms with Gasteiger partial charge in [0, 0.05) is 24.7 Å². The summed E-state index contributed by atoms with van der Waals surface area (Å²) >= 11 is 0. The van der Waals surface area contributed by atoms with Gasteiger partial charge in [-0.15, -0.1) is 0 Å². The lowest BCUT2D eigenvalue weighted by Gasteiger charge is -2.29. The molecular formula is C21H30N2O4S. The summed E-state index contributed by atoms with van der Waals surface area (Å²) < 4.78 is 32.5. The van der Waals surface area contributed by atoms with Gasteiger partial charge in [-0.2, -0.15) is 4.31 Å². The van der Waals surface area contributed by atoms with Crippen LogP contribution in [0.1, 0.15) is 48.5 Å². The van der Waals surface area contributed by atoms with Crippen molar-refractivity contribution in [1.82, 2.24) is 9.62 Å². The quantitative estimate of drug-likeness (QED) is 0.815. The summed E-state index contributed by atoms with van der Waals surface area (Å²) in [6.07, 6.45) is 5.12. The summed E-state index contributed by atoms with van der Waals surface area (Å²) in [7, 11) is -3.61. The molecule has 4 unspecified atom stereocenters. The van der Waals surface area contributed by atoms with E-state index >= 15 is 0 Å². The molecule has 28 heavy (non-hydrogen) atoms. The predicted octanol–water partition coefficient (Wildman–Crippen LogP) is 2.57. The first-order chi connectivity index (χ1) is 13.4. The summed E-state index contributed by atoms with van der Waals surface area (Å²) in [5.74, 6) is 1.93. The van der Waals surface area contributed by atoms with Gasteiger partial charge in [-0.3, -0.25) is 4.79 Å². The Hall–Kier alpha value is -1.44. The van der Waals surface area contributed by atoms with Crippen molar-refractivity contribution < 1.29 is 17.9 Å². The third-order valence-electron chi connectivity index (χ3n) is 6.86. The zero-order valence-electron chi connectivity index (χ0n) is 16.7. The maximum absolute atomic E-state index is 13.0. The molecule has 3 fully saturated rings. The highest BCUT2D eigenvalue weighted by molar-refractivity contribution is 7.89. The highest BCUT2D eigenvalue weighted by Gasteiger charge is 2.42. The molecule has 4 atom stereocenters. The fourth-order valence-electron chi connectivity index (χ4n) is 5.24. The van der Waals surface area contributed by atoms with Crippen molar-refractivity contribution in [1.29, 1.82) is 0 Å². The molecule has 2 saturated carbocycles. The second-order valence-electron chi connectivity index (χ2n) is 8.59. The van der Waals surface area contributed by atoms with Crippen LogP contribution in [0.5, 0.6) is 0 Å². The highest BCUT2D eigenvalue weighted by atomic mass is 32.2. The van der Waals surface area contributed by atoms with E-state index in [1.807, 2.05) is 6.92 Å². The molecule has 1 aromatic carbocycles. The molecule has 0 aromatic heterocycles. The third-order valence-corrected chi connectivity index (χ3v) is 8.75. The molecule has 6 nitrogen and oxygen atoms in total. The number of amides is 1. The fraction of sp³-hybridized carbons (Fsp3) is 0.667. The first kappa shape index (κ1) is 19.9. The molecule has 2 aliphatic carbocycles.